The number of hydrogen-bond acceptors (Lipinski definition) is 11. The van der Waals surface area contributed by atoms with E-state index in [4.69, 9.17) is 10.8 Å². The summed E-state index contributed by atoms with van der Waals surface area (Å²) in [5, 5.41) is 38.3. The lowest BCUT2D eigenvalue weighted by Gasteiger charge is -2.41. The molecule has 71 heavy (non-hydrogen) atoms. The number of nitrogens with zero attached hydrogens (tertiary/aromatic N) is 2. The van der Waals surface area contributed by atoms with Crippen molar-refractivity contribution in [3.05, 3.63) is 83.7 Å². The smallest absolute Gasteiger partial charge is 0.303 e. The van der Waals surface area contributed by atoms with Gasteiger partial charge >= 0.3 is 11.9 Å². The third-order valence-electron chi connectivity index (χ3n) is 11.1. The summed E-state index contributed by atoms with van der Waals surface area (Å²) in [5.41, 5.74) is 5.95. The summed E-state index contributed by atoms with van der Waals surface area (Å²) < 4.78 is 31.6. The predicted molar refractivity (Wildman–Crippen MR) is 251 cm³/mol. The minimum absolute atomic E-state index is 0.0588. The Labute approximate surface area is 409 Å². The maximum Gasteiger partial charge on any atom is 0.303 e. The van der Waals surface area contributed by atoms with E-state index in [9.17, 15) is 62.5 Å². The number of carboxylic acids is 2. The number of carbonyl (C=O) groups is 10. The normalized spacial score (nSPS) is 12.9. The molecule has 0 saturated carbocycles. The quantitative estimate of drug-likeness (QED) is 0.0446. The van der Waals surface area contributed by atoms with Crippen molar-refractivity contribution in [2.45, 2.75) is 123 Å². The third-order valence-corrected chi connectivity index (χ3v) is 11.1. The number of carboxylic acid groups (broad SMARTS) is 2. The van der Waals surface area contributed by atoms with Crippen LogP contribution in [0, 0.1) is 17.0 Å². The number of ketones is 2. The molecule has 22 heteroatoms. The van der Waals surface area contributed by atoms with Gasteiger partial charge in [0, 0.05) is 81.7 Å². The molecule has 20 nitrogen and oxygen atoms in total. The van der Waals surface area contributed by atoms with E-state index >= 15 is 4.39 Å². The van der Waals surface area contributed by atoms with Crippen LogP contribution < -0.4 is 27.0 Å². The van der Waals surface area contributed by atoms with Gasteiger partial charge in [-0.15, -0.1) is 0 Å². The monoisotopic (exact) mass is 995 g/mol. The molecule has 9 N–H and O–H groups in total. The van der Waals surface area contributed by atoms with Gasteiger partial charge in [0.1, 0.15) is 36.1 Å². The summed E-state index contributed by atoms with van der Waals surface area (Å²) >= 11 is 0. The molecule has 0 saturated heterocycles. The van der Waals surface area contributed by atoms with E-state index in [-0.39, 0.29) is 75.7 Å². The first-order chi connectivity index (χ1) is 33.4. The molecule has 4 atom stereocenters. The van der Waals surface area contributed by atoms with Gasteiger partial charge in [-0.05, 0) is 54.5 Å². The van der Waals surface area contributed by atoms with Crippen LogP contribution in [0.5, 0.6) is 0 Å². The Morgan fingerprint density at radius 3 is 2.03 bits per heavy atom. The van der Waals surface area contributed by atoms with Crippen molar-refractivity contribution in [2.75, 3.05) is 19.7 Å². The number of carbonyl (C=O) groups excluding carboxylic acids is 8. The molecule has 0 fully saturated rings. The number of primary amides is 1. The van der Waals surface area contributed by atoms with Crippen LogP contribution in [-0.4, -0.2) is 122 Å². The highest BCUT2D eigenvalue weighted by Gasteiger charge is 2.38. The van der Waals surface area contributed by atoms with Gasteiger partial charge < -0.3 is 51.8 Å². The summed E-state index contributed by atoms with van der Waals surface area (Å²) in [7, 11) is 0. The molecule has 1 aromatic heterocycles. The average Bonchev–Trinajstić information content (AvgIpc) is 3.69. The zero-order chi connectivity index (χ0) is 53.0. The molecule has 0 aliphatic heterocycles. The molecule has 0 aliphatic carbocycles. The van der Waals surface area contributed by atoms with Crippen molar-refractivity contribution in [1.82, 2.24) is 30.7 Å². The van der Waals surface area contributed by atoms with Crippen LogP contribution in [0.15, 0.2) is 60.8 Å². The van der Waals surface area contributed by atoms with Crippen molar-refractivity contribution in [2.24, 2.45) is 11.1 Å². The molecule has 0 unspecified atom stereocenters. The Morgan fingerprint density at radius 2 is 1.42 bits per heavy atom. The highest BCUT2D eigenvalue weighted by atomic mass is 19.1. The van der Waals surface area contributed by atoms with E-state index in [2.05, 4.69) is 21.3 Å². The number of benzene rings is 2. The molecule has 0 aliphatic rings. The van der Waals surface area contributed by atoms with Gasteiger partial charge in [0.2, 0.25) is 35.4 Å². The Balaban J connectivity index is 1.95. The highest BCUT2D eigenvalue weighted by Crippen LogP contribution is 2.41. The second-order valence-corrected chi connectivity index (χ2v) is 18.0. The van der Waals surface area contributed by atoms with Crippen molar-refractivity contribution >= 4 is 58.9 Å². The summed E-state index contributed by atoms with van der Waals surface area (Å²) in [6.07, 6.45) is -1.97. The molecule has 0 spiro atoms. The molecule has 1 heterocycles. The number of aliphatic hydroxyl groups is 1. The summed E-state index contributed by atoms with van der Waals surface area (Å²) in [5.74, 6) is -10.0. The van der Waals surface area contributed by atoms with Crippen molar-refractivity contribution in [3.8, 4) is 11.1 Å². The van der Waals surface area contributed by atoms with Gasteiger partial charge in [-0.2, -0.15) is 0 Å². The van der Waals surface area contributed by atoms with Crippen LogP contribution >= 0.6 is 0 Å². The van der Waals surface area contributed by atoms with Crippen LogP contribution in [-0.2, 0) is 54.5 Å². The number of Topliss-reactive ketones (excluding diaryl/α,β-unsaturated/α-hetero) is 2. The largest absolute Gasteiger partial charge is 0.481 e. The van der Waals surface area contributed by atoms with Crippen LogP contribution in [0.2, 0.25) is 0 Å². The number of aromatic nitrogens is 1. The summed E-state index contributed by atoms with van der Waals surface area (Å²) in [6, 6.07) is 8.47. The fourth-order valence-corrected chi connectivity index (χ4v) is 7.81. The number of hydrogen-bond donors (Lipinski definition) is 8. The van der Waals surface area contributed by atoms with E-state index < -0.39 is 126 Å². The zero-order valence-corrected chi connectivity index (χ0v) is 40.1. The van der Waals surface area contributed by atoms with Crippen molar-refractivity contribution in [1.29, 1.82) is 0 Å². The molecule has 2 aromatic carbocycles. The minimum atomic E-state index is -1.53. The maximum absolute atomic E-state index is 15.3. The fourth-order valence-electron chi connectivity index (χ4n) is 7.81. The molecule has 3 rings (SSSR count). The Bertz CT molecular complexity index is 2390. The molecule has 3 aromatic rings. The lowest BCUT2D eigenvalue weighted by molar-refractivity contribution is -0.140. The van der Waals surface area contributed by atoms with Gasteiger partial charge in [-0.1, -0.05) is 51.1 Å². The second-order valence-electron chi connectivity index (χ2n) is 18.0. The molecule has 0 bridgehead atoms. The number of nitrogens with one attached hydrogen (secondary N) is 4. The maximum atomic E-state index is 15.3. The van der Waals surface area contributed by atoms with E-state index in [1.54, 1.807) is 37.6 Å². The predicted octanol–water partition coefficient (Wildman–Crippen LogP) is 2.67. The summed E-state index contributed by atoms with van der Waals surface area (Å²) in [4.78, 5) is 127. The highest BCUT2D eigenvalue weighted by molar-refractivity contribution is 5.95. The number of amides is 6. The Kier molecular flexibility index (Phi) is 22.6. The first kappa shape index (κ1) is 58.0. The van der Waals surface area contributed by atoms with E-state index in [1.807, 2.05) is 30.3 Å². The minimum Gasteiger partial charge on any atom is -0.481 e. The van der Waals surface area contributed by atoms with Crippen LogP contribution in [0.3, 0.4) is 0 Å². The van der Waals surface area contributed by atoms with Gasteiger partial charge in [0.05, 0.1) is 24.9 Å². The van der Waals surface area contributed by atoms with E-state index in [0.29, 0.717) is 5.69 Å². The average molecular weight is 996 g/mol. The SMILES string of the molecule is CC(=O)N[C@@H](CC(N)=O)C(=O)N[C@@H](CCN(C(=O)CO)[C@@H](c1cc(-c2cc(F)ccc2F)cn1Cc1ccccc1)C(C)(C)C)C(=O)NCCCC(=O)[C@@H](CCC(=O)O)NC(=O)CCC(=O)CCC(=O)O. The lowest BCUT2D eigenvalue weighted by atomic mass is 9.82. The van der Waals surface area contributed by atoms with Gasteiger partial charge in [0.25, 0.3) is 0 Å². The first-order valence-electron chi connectivity index (χ1n) is 22.9. The van der Waals surface area contributed by atoms with Crippen LogP contribution in [0.1, 0.15) is 109 Å². The molecular formula is C49H63F2N7O13. The third kappa shape index (κ3) is 19.5. The van der Waals surface area contributed by atoms with Crippen LogP contribution in [0.25, 0.3) is 11.1 Å². The number of halogens is 2. The van der Waals surface area contributed by atoms with E-state index in [0.717, 1.165) is 30.7 Å². The number of rotatable bonds is 30. The Hall–Kier alpha value is -7.36. The second kappa shape index (κ2) is 27.7. The van der Waals surface area contributed by atoms with Gasteiger partial charge in [0.15, 0.2) is 5.78 Å². The number of aliphatic carboxylic acids is 2. The fraction of sp³-hybridized carbons (Fsp3) is 0.469. The number of aliphatic hydroxyl groups excluding tert-OH is 1. The molecule has 6 amide bonds. The Morgan fingerprint density at radius 1 is 0.761 bits per heavy atom. The lowest BCUT2D eigenvalue weighted by Crippen LogP contribution is -2.55. The van der Waals surface area contributed by atoms with E-state index in [1.165, 1.54) is 4.90 Å². The topological polar surface area (TPSA) is 314 Å². The first-order valence-corrected chi connectivity index (χ1v) is 22.9. The van der Waals surface area contributed by atoms with Crippen molar-refractivity contribution in [3.63, 3.8) is 0 Å². The zero-order valence-electron chi connectivity index (χ0n) is 40.1. The number of nitrogens with two attached hydrogens (primary N) is 1. The summed E-state index contributed by atoms with van der Waals surface area (Å²) in [6.45, 7) is 5.14. The van der Waals surface area contributed by atoms with Gasteiger partial charge in [-0.3, -0.25) is 47.9 Å². The molecular weight excluding hydrogens is 933 g/mol. The van der Waals surface area contributed by atoms with Crippen molar-refractivity contribution < 1.29 is 72.0 Å². The van der Waals surface area contributed by atoms with Gasteiger partial charge in [-0.25, -0.2) is 8.78 Å². The van der Waals surface area contributed by atoms with Crippen LogP contribution in [0.4, 0.5) is 8.78 Å². The standard InChI is InChI=1S/C49H63F2N7O13/c1-29(60)54-38(25-41(52)63)48(71)56-37(47(70)53-21-8-11-40(62)36(16-19-45(68)69)55-42(64)17-13-33(61)14-18-44(66)67)20-22-58(43(65)28-59)46(49(2,3)4)39-23-31(34-24-32(50)12-15-35(34)51)27-57(39)26-30-9-6-5-7-10-30/h5-7,9-10,12,15,23-24,27,36-38,46,59H,8,11,13-14,16-22,25-26,28H2,1-4H3,(H2,52,63)(H,53,70)(H,54,60)(H,55,64)(H,56,71)(H,66,67)(H,68,69)/t36-,37+,38+,46+/m1/s1. The molecule has 0 radical (unpaired) electrons. The molecule has 386 valence electrons.